The predicted octanol–water partition coefficient (Wildman–Crippen LogP) is 0.708. The number of hydrogen-bond donors (Lipinski definition) is 2. The molecule has 1 heterocycles. The Bertz CT molecular complexity index is 237. The van der Waals surface area contributed by atoms with E-state index >= 15 is 0 Å². The van der Waals surface area contributed by atoms with Gasteiger partial charge in [-0.3, -0.25) is 4.79 Å². The van der Waals surface area contributed by atoms with Crippen molar-refractivity contribution in [1.29, 1.82) is 0 Å². The quantitative estimate of drug-likeness (QED) is 0.743. The lowest BCUT2D eigenvalue weighted by Crippen LogP contribution is -2.43. The lowest BCUT2D eigenvalue weighted by Gasteiger charge is -2.26. The number of nitrogens with one attached hydrogen (secondary N) is 2. The van der Waals surface area contributed by atoms with Crippen molar-refractivity contribution in [2.24, 2.45) is 0 Å². The smallest absolute Gasteiger partial charge is 0.317 e. The van der Waals surface area contributed by atoms with Crippen molar-refractivity contribution in [1.82, 2.24) is 15.5 Å². The average Bonchev–Trinajstić information content (AvgIpc) is 2.30. The first-order valence-electron chi connectivity index (χ1n) is 6.03. The second-order valence-electron chi connectivity index (χ2n) is 3.98. The highest BCUT2D eigenvalue weighted by Gasteiger charge is 2.15. The molecular weight excluding hydrogens is 206 g/mol. The number of rotatable bonds is 4. The van der Waals surface area contributed by atoms with Crippen LogP contribution in [-0.4, -0.2) is 43.0 Å². The van der Waals surface area contributed by atoms with Gasteiger partial charge in [0.15, 0.2) is 0 Å². The lowest BCUT2D eigenvalue weighted by molar-refractivity contribution is -0.120. The Labute approximate surface area is 96.6 Å². The molecule has 0 aliphatic carbocycles. The van der Waals surface area contributed by atoms with E-state index in [0.717, 1.165) is 25.9 Å². The molecule has 1 aliphatic heterocycles. The van der Waals surface area contributed by atoms with Gasteiger partial charge in [-0.05, 0) is 26.2 Å². The van der Waals surface area contributed by atoms with Gasteiger partial charge in [-0.25, -0.2) is 4.79 Å². The van der Waals surface area contributed by atoms with Gasteiger partial charge in [0.1, 0.15) is 0 Å². The van der Waals surface area contributed by atoms with E-state index in [1.54, 1.807) is 0 Å². The Balaban J connectivity index is 2.12. The van der Waals surface area contributed by atoms with Crippen molar-refractivity contribution in [3.63, 3.8) is 0 Å². The van der Waals surface area contributed by atoms with Gasteiger partial charge in [0.2, 0.25) is 5.91 Å². The molecular formula is C11H21N3O2. The van der Waals surface area contributed by atoms with E-state index < -0.39 is 0 Å². The van der Waals surface area contributed by atoms with E-state index in [1.165, 1.54) is 6.42 Å². The van der Waals surface area contributed by atoms with Gasteiger partial charge >= 0.3 is 6.03 Å². The third kappa shape index (κ3) is 4.51. The molecule has 1 fully saturated rings. The Kier molecular flexibility index (Phi) is 5.67. The molecule has 0 aromatic rings. The maximum atomic E-state index is 11.6. The SMILES string of the molecule is CCNC(=O)CCNC(=O)N1CCCCC1. The average molecular weight is 227 g/mol. The number of hydrogen-bond acceptors (Lipinski definition) is 2. The minimum absolute atomic E-state index is 0.0126. The summed E-state index contributed by atoms with van der Waals surface area (Å²) in [5.74, 6) is -0.0126. The highest BCUT2D eigenvalue weighted by Crippen LogP contribution is 2.08. The second-order valence-corrected chi connectivity index (χ2v) is 3.98. The molecule has 0 saturated carbocycles. The van der Waals surface area contributed by atoms with Gasteiger partial charge in [-0.15, -0.1) is 0 Å². The molecule has 0 aromatic heterocycles. The zero-order chi connectivity index (χ0) is 11.8. The van der Waals surface area contributed by atoms with Gasteiger partial charge in [-0.1, -0.05) is 0 Å². The molecule has 92 valence electrons. The first-order valence-corrected chi connectivity index (χ1v) is 6.03. The van der Waals surface area contributed by atoms with Crippen molar-refractivity contribution in [3.05, 3.63) is 0 Å². The predicted molar refractivity (Wildman–Crippen MR) is 62.1 cm³/mol. The molecule has 5 heteroatoms. The van der Waals surface area contributed by atoms with E-state index in [2.05, 4.69) is 10.6 Å². The van der Waals surface area contributed by atoms with Crippen LogP contribution in [0, 0.1) is 0 Å². The van der Waals surface area contributed by atoms with Crippen LogP contribution in [0.15, 0.2) is 0 Å². The Morgan fingerprint density at radius 3 is 2.44 bits per heavy atom. The molecule has 1 saturated heterocycles. The third-order valence-electron chi connectivity index (χ3n) is 2.65. The van der Waals surface area contributed by atoms with Gasteiger partial charge in [0.05, 0.1) is 0 Å². The number of nitrogens with zero attached hydrogens (tertiary/aromatic N) is 1. The summed E-state index contributed by atoms with van der Waals surface area (Å²) in [6.45, 7) is 4.62. The molecule has 1 aliphatic rings. The second kappa shape index (κ2) is 7.09. The summed E-state index contributed by atoms with van der Waals surface area (Å²) < 4.78 is 0. The van der Waals surface area contributed by atoms with E-state index in [9.17, 15) is 9.59 Å². The van der Waals surface area contributed by atoms with Crippen LogP contribution in [0.4, 0.5) is 4.79 Å². The molecule has 3 amide bonds. The lowest BCUT2D eigenvalue weighted by atomic mass is 10.1. The van der Waals surface area contributed by atoms with Crippen molar-refractivity contribution < 1.29 is 9.59 Å². The van der Waals surface area contributed by atoms with E-state index in [0.29, 0.717) is 19.5 Å². The number of carbonyl (C=O) groups is 2. The first kappa shape index (κ1) is 12.8. The van der Waals surface area contributed by atoms with Crippen LogP contribution in [-0.2, 0) is 4.79 Å². The maximum Gasteiger partial charge on any atom is 0.317 e. The molecule has 0 atom stereocenters. The highest BCUT2D eigenvalue weighted by atomic mass is 16.2. The summed E-state index contributed by atoms with van der Waals surface area (Å²) in [4.78, 5) is 24.6. The minimum atomic E-state index is -0.0380. The van der Waals surface area contributed by atoms with Crippen LogP contribution in [0.25, 0.3) is 0 Å². The Morgan fingerprint density at radius 1 is 1.12 bits per heavy atom. The van der Waals surface area contributed by atoms with Gasteiger partial charge in [0.25, 0.3) is 0 Å². The van der Waals surface area contributed by atoms with Crippen LogP contribution in [0.2, 0.25) is 0 Å². The standard InChI is InChI=1S/C11H21N3O2/c1-2-12-10(15)6-7-13-11(16)14-8-4-3-5-9-14/h2-9H2,1H3,(H,12,15)(H,13,16). The molecule has 5 nitrogen and oxygen atoms in total. The summed E-state index contributed by atoms with van der Waals surface area (Å²) in [6, 6.07) is -0.0380. The first-order chi connectivity index (χ1) is 7.74. The third-order valence-corrected chi connectivity index (χ3v) is 2.65. The molecule has 0 radical (unpaired) electrons. The minimum Gasteiger partial charge on any atom is -0.356 e. The monoisotopic (exact) mass is 227 g/mol. The number of piperidine rings is 1. The highest BCUT2D eigenvalue weighted by molar-refractivity contribution is 5.78. The number of carbonyl (C=O) groups excluding carboxylic acids is 2. The van der Waals surface area contributed by atoms with E-state index in [4.69, 9.17) is 0 Å². The van der Waals surface area contributed by atoms with Crippen molar-refractivity contribution >= 4 is 11.9 Å². The normalized spacial score (nSPS) is 15.7. The number of likely N-dealkylation sites (tertiary alicyclic amines) is 1. The zero-order valence-electron chi connectivity index (χ0n) is 9.92. The van der Waals surface area contributed by atoms with Crippen molar-refractivity contribution in [2.75, 3.05) is 26.2 Å². The molecule has 0 unspecified atom stereocenters. The Morgan fingerprint density at radius 2 is 1.81 bits per heavy atom. The van der Waals surface area contributed by atoms with Gasteiger partial charge < -0.3 is 15.5 Å². The fourth-order valence-corrected chi connectivity index (χ4v) is 1.78. The van der Waals surface area contributed by atoms with Crippen LogP contribution < -0.4 is 10.6 Å². The van der Waals surface area contributed by atoms with E-state index in [1.807, 2.05) is 11.8 Å². The zero-order valence-corrected chi connectivity index (χ0v) is 9.92. The topological polar surface area (TPSA) is 61.4 Å². The summed E-state index contributed by atoms with van der Waals surface area (Å²) in [6.07, 6.45) is 3.74. The number of urea groups is 1. The molecule has 16 heavy (non-hydrogen) atoms. The van der Waals surface area contributed by atoms with Gasteiger partial charge in [0, 0.05) is 32.6 Å². The summed E-state index contributed by atoms with van der Waals surface area (Å²) in [5, 5.41) is 5.46. The Hall–Kier alpha value is -1.26. The molecule has 0 bridgehead atoms. The number of amides is 3. The van der Waals surface area contributed by atoms with Crippen LogP contribution in [0.5, 0.6) is 0 Å². The fourth-order valence-electron chi connectivity index (χ4n) is 1.78. The molecule has 0 spiro atoms. The van der Waals surface area contributed by atoms with Crippen molar-refractivity contribution in [2.45, 2.75) is 32.6 Å². The summed E-state index contributed by atoms with van der Waals surface area (Å²) in [5.41, 5.74) is 0. The van der Waals surface area contributed by atoms with Crippen molar-refractivity contribution in [3.8, 4) is 0 Å². The largest absolute Gasteiger partial charge is 0.356 e. The molecule has 2 N–H and O–H groups in total. The molecule has 1 rings (SSSR count). The summed E-state index contributed by atoms with van der Waals surface area (Å²) in [7, 11) is 0. The maximum absolute atomic E-state index is 11.6. The summed E-state index contributed by atoms with van der Waals surface area (Å²) >= 11 is 0. The van der Waals surface area contributed by atoms with E-state index in [-0.39, 0.29) is 11.9 Å². The fraction of sp³-hybridized carbons (Fsp3) is 0.818. The van der Waals surface area contributed by atoms with Gasteiger partial charge in [-0.2, -0.15) is 0 Å². The van der Waals surface area contributed by atoms with Crippen LogP contribution >= 0.6 is 0 Å². The molecule has 0 aromatic carbocycles. The van der Waals surface area contributed by atoms with Crippen LogP contribution in [0.3, 0.4) is 0 Å². The van der Waals surface area contributed by atoms with Crippen LogP contribution in [0.1, 0.15) is 32.6 Å².